The highest BCUT2D eigenvalue weighted by molar-refractivity contribution is 7.98. The quantitative estimate of drug-likeness (QED) is 0.360. The van der Waals surface area contributed by atoms with Crippen molar-refractivity contribution in [1.29, 1.82) is 0 Å². The highest BCUT2D eigenvalue weighted by Crippen LogP contribution is 2.23. The van der Waals surface area contributed by atoms with E-state index < -0.39 is 43.2 Å². The van der Waals surface area contributed by atoms with Crippen LogP contribution in [0.4, 0.5) is 0 Å². The van der Waals surface area contributed by atoms with Gasteiger partial charge in [-0.1, -0.05) is 0 Å². The molecule has 1 rings (SSSR count). The molecule has 0 amide bonds. The summed E-state index contributed by atoms with van der Waals surface area (Å²) in [6, 6.07) is -0.644. The predicted molar refractivity (Wildman–Crippen MR) is 74.4 cm³/mol. The van der Waals surface area contributed by atoms with E-state index in [2.05, 4.69) is 0 Å². The van der Waals surface area contributed by atoms with Crippen molar-refractivity contribution in [1.82, 2.24) is 0 Å². The second-order valence-electron chi connectivity index (χ2n) is 4.93. The third-order valence-electron chi connectivity index (χ3n) is 3.44. The van der Waals surface area contributed by atoms with Crippen molar-refractivity contribution in [3.63, 3.8) is 0 Å². The number of carbonyl (C=O) groups excluding carboxylic acids is 1. The zero-order valence-corrected chi connectivity index (χ0v) is 12.2. The summed E-state index contributed by atoms with van der Waals surface area (Å²) in [5, 5.41) is 38.1. The van der Waals surface area contributed by atoms with Crippen molar-refractivity contribution in [3.05, 3.63) is 0 Å². The van der Waals surface area contributed by atoms with Gasteiger partial charge in [-0.25, -0.2) is 0 Å². The molecule has 0 bridgehead atoms. The number of aliphatic hydroxyl groups is 4. The minimum absolute atomic E-state index is 0.156. The molecule has 6 atom stereocenters. The number of thioether (sulfide) groups is 1. The van der Waals surface area contributed by atoms with Crippen molar-refractivity contribution in [3.8, 4) is 0 Å². The molecular weight excluding hydrogens is 286 g/mol. The van der Waals surface area contributed by atoms with Gasteiger partial charge in [-0.3, -0.25) is 4.79 Å². The average molecular weight is 309 g/mol. The van der Waals surface area contributed by atoms with Crippen LogP contribution in [-0.2, 0) is 9.53 Å². The van der Waals surface area contributed by atoms with Crippen molar-refractivity contribution >= 4 is 17.5 Å². The molecule has 1 fully saturated rings. The number of hydrogen-bond donors (Lipinski definition) is 5. The van der Waals surface area contributed by atoms with Crippen LogP contribution in [0.15, 0.2) is 0 Å². The maximum atomic E-state index is 11.9. The van der Waals surface area contributed by atoms with E-state index >= 15 is 0 Å². The van der Waals surface area contributed by atoms with Crippen molar-refractivity contribution in [2.75, 3.05) is 18.6 Å². The molecule has 0 spiro atoms. The van der Waals surface area contributed by atoms with Crippen LogP contribution in [0.25, 0.3) is 0 Å². The molecule has 0 aromatic heterocycles. The third kappa shape index (κ3) is 4.39. The molecule has 0 aliphatic carbocycles. The van der Waals surface area contributed by atoms with Crippen molar-refractivity contribution in [2.45, 2.75) is 49.4 Å². The minimum Gasteiger partial charge on any atom is -0.394 e. The Morgan fingerprint density at radius 2 is 1.85 bits per heavy atom. The van der Waals surface area contributed by atoms with Gasteiger partial charge in [0.2, 0.25) is 0 Å². The van der Waals surface area contributed by atoms with E-state index in [0.29, 0.717) is 6.42 Å². The number of carbonyl (C=O) groups is 1. The Hall–Kier alpha value is -0.220. The lowest BCUT2D eigenvalue weighted by Crippen LogP contribution is -2.59. The Kier molecular flexibility index (Phi) is 7.38. The molecule has 1 aliphatic rings. The number of hydrogen-bond acceptors (Lipinski definition) is 8. The number of aliphatic hydroxyl groups excluding tert-OH is 4. The van der Waals surface area contributed by atoms with Crippen LogP contribution in [0.2, 0.25) is 0 Å². The normalized spacial score (nSPS) is 35.8. The number of ketones is 1. The van der Waals surface area contributed by atoms with E-state index in [9.17, 15) is 20.1 Å². The van der Waals surface area contributed by atoms with Gasteiger partial charge in [0.15, 0.2) is 5.78 Å². The summed E-state index contributed by atoms with van der Waals surface area (Å²) in [5.74, 6) is 0.477. The summed E-state index contributed by atoms with van der Waals surface area (Å²) >= 11 is 1.58. The first kappa shape index (κ1) is 17.8. The van der Waals surface area contributed by atoms with Crippen LogP contribution in [0, 0.1) is 0 Å². The molecule has 0 aromatic carbocycles. The Morgan fingerprint density at radius 3 is 2.40 bits per heavy atom. The SMILES string of the molecule is CSCC[C@H](N)C(=O)C[C@@H]1O[C@H](CO)[C@@H](O)[C@H](O)[C@H]1O. The monoisotopic (exact) mass is 309 g/mol. The molecular formula is C12H23NO6S. The van der Waals surface area contributed by atoms with Crippen LogP contribution in [0.5, 0.6) is 0 Å². The molecule has 0 radical (unpaired) electrons. The van der Waals surface area contributed by atoms with Crippen LogP contribution >= 0.6 is 11.8 Å². The van der Waals surface area contributed by atoms with Gasteiger partial charge in [0.25, 0.3) is 0 Å². The lowest BCUT2D eigenvalue weighted by molar-refractivity contribution is -0.229. The average Bonchev–Trinajstić information content (AvgIpc) is 2.45. The Labute approximate surface area is 122 Å². The van der Waals surface area contributed by atoms with E-state index in [0.717, 1.165) is 5.75 Å². The molecule has 20 heavy (non-hydrogen) atoms. The third-order valence-corrected chi connectivity index (χ3v) is 4.08. The van der Waals surface area contributed by atoms with Crippen molar-refractivity contribution < 1.29 is 30.0 Å². The van der Waals surface area contributed by atoms with E-state index in [1.807, 2.05) is 6.26 Å². The number of ether oxygens (including phenoxy) is 1. The lowest BCUT2D eigenvalue weighted by Gasteiger charge is -2.40. The van der Waals surface area contributed by atoms with Gasteiger partial charge in [0, 0.05) is 6.42 Å². The Morgan fingerprint density at radius 1 is 1.25 bits per heavy atom. The Balaban J connectivity index is 2.59. The van der Waals surface area contributed by atoms with Crippen molar-refractivity contribution in [2.24, 2.45) is 5.73 Å². The van der Waals surface area contributed by atoms with Gasteiger partial charge in [0.1, 0.15) is 24.4 Å². The maximum absolute atomic E-state index is 11.9. The molecule has 6 N–H and O–H groups in total. The van der Waals surface area contributed by atoms with E-state index in [-0.39, 0.29) is 12.2 Å². The summed E-state index contributed by atoms with van der Waals surface area (Å²) in [6.45, 7) is -0.506. The second kappa shape index (κ2) is 8.28. The van der Waals surface area contributed by atoms with E-state index in [1.54, 1.807) is 11.8 Å². The molecule has 1 aliphatic heterocycles. The summed E-state index contributed by atoms with van der Waals surface area (Å²) < 4.78 is 5.26. The van der Waals surface area contributed by atoms with Gasteiger partial charge in [-0.15, -0.1) is 0 Å². The topological polar surface area (TPSA) is 133 Å². The summed E-state index contributed by atoms with van der Waals surface area (Å²) in [7, 11) is 0. The zero-order valence-electron chi connectivity index (χ0n) is 11.4. The molecule has 0 aromatic rings. The van der Waals surface area contributed by atoms with Crippen LogP contribution in [0.1, 0.15) is 12.8 Å². The number of nitrogens with two attached hydrogens (primary N) is 1. The second-order valence-corrected chi connectivity index (χ2v) is 5.91. The fourth-order valence-corrected chi connectivity index (χ4v) is 2.59. The predicted octanol–water partition coefficient (Wildman–Crippen LogP) is -2.13. The standard InChI is InChI=1S/C12H23NO6S/c1-20-3-2-6(13)7(15)4-8-10(16)12(18)11(17)9(5-14)19-8/h6,8-12,14,16-18H,2-5,13H2,1H3/t6-,8-,9+,10-,11+,12+/m0/s1. The minimum atomic E-state index is -1.46. The zero-order chi connectivity index (χ0) is 15.3. The van der Waals surface area contributed by atoms with E-state index in [4.69, 9.17) is 15.6 Å². The van der Waals surface area contributed by atoms with E-state index in [1.165, 1.54) is 0 Å². The smallest absolute Gasteiger partial charge is 0.152 e. The molecule has 1 heterocycles. The summed E-state index contributed by atoms with van der Waals surface area (Å²) in [6.07, 6.45) is -3.94. The fraction of sp³-hybridized carbons (Fsp3) is 0.917. The number of rotatable bonds is 7. The highest BCUT2D eigenvalue weighted by Gasteiger charge is 2.44. The molecule has 0 saturated carbocycles. The van der Waals surface area contributed by atoms with Crippen LogP contribution in [-0.4, -0.2) is 81.4 Å². The molecule has 118 valence electrons. The van der Waals surface area contributed by atoms with Gasteiger partial charge < -0.3 is 30.9 Å². The fourth-order valence-electron chi connectivity index (χ4n) is 2.10. The first-order chi connectivity index (χ1) is 9.42. The van der Waals surface area contributed by atoms with Gasteiger partial charge in [-0.05, 0) is 18.4 Å². The highest BCUT2D eigenvalue weighted by atomic mass is 32.2. The van der Waals surface area contributed by atoms with Gasteiger partial charge in [0.05, 0.1) is 18.8 Å². The Bertz CT molecular complexity index is 316. The molecule has 0 unspecified atom stereocenters. The summed E-state index contributed by atoms with van der Waals surface area (Å²) in [4.78, 5) is 11.9. The van der Waals surface area contributed by atoms with Crippen LogP contribution < -0.4 is 5.73 Å². The summed E-state index contributed by atoms with van der Waals surface area (Å²) in [5.41, 5.74) is 5.73. The first-order valence-electron chi connectivity index (χ1n) is 6.50. The van der Waals surface area contributed by atoms with Gasteiger partial charge in [-0.2, -0.15) is 11.8 Å². The van der Waals surface area contributed by atoms with Crippen LogP contribution in [0.3, 0.4) is 0 Å². The molecule has 7 nitrogen and oxygen atoms in total. The molecule has 1 saturated heterocycles. The molecule has 8 heteroatoms. The first-order valence-corrected chi connectivity index (χ1v) is 7.89. The van der Waals surface area contributed by atoms with Gasteiger partial charge >= 0.3 is 0 Å². The number of Topliss-reactive ketones (excluding diaryl/α,β-unsaturated/α-hetero) is 1. The maximum Gasteiger partial charge on any atom is 0.152 e. The lowest BCUT2D eigenvalue weighted by atomic mass is 9.91. The largest absolute Gasteiger partial charge is 0.394 e.